The van der Waals surface area contributed by atoms with E-state index in [1.165, 1.54) is 6.42 Å². The summed E-state index contributed by atoms with van der Waals surface area (Å²) in [7, 11) is 0. The Morgan fingerprint density at radius 1 is 1.24 bits per heavy atom. The molecule has 0 aliphatic carbocycles. The van der Waals surface area contributed by atoms with Crippen LogP contribution < -0.4 is 5.32 Å². The average Bonchev–Trinajstić information content (AvgIpc) is 2.35. The van der Waals surface area contributed by atoms with E-state index in [2.05, 4.69) is 37.9 Å². The molecule has 0 aromatic heterocycles. The minimum atomic E-state index is -0.666. The first-order valence-corrected chi connectivity index (χ1v) is 8.54. The molecule has 2 N–H and O–H groups in total. The fourth-order valence-corrected chi connectivity index (χ4v) is 3.23. The Morgan fingerprint density at radius 3 is 2.52 bits per heavy atom. The summed E-state index contributed by atoms with van der Waals surface area (Å²) in [5, 5.41) is 12.6. The van der Waals surface area contributed by atoms with E-state index in [4.69, 9.17) is 5.11 Å². The Kier molecular flexibility index (Phi) is 8.27. The first-order chi connectivity index (χ1) is 9.86. The van der Waals surface area contributed by atoms with Crippen molar-refractivity contribution in [1.29, 1.82) is 0 Å². The van der Waals surface area contributed by atoms with Crippen molar-refractivity contribution < 1.29 is 9.90 Å². The van der Waals surface area contributed by atoms with Gasteiger partial charge in [0.15, 0.2) is 0 Å². The summed E-state index contributed by atoms with van der Waals surface area (Å²) in [5.41, 5.74) is 0. The van der Waals surface area contributed by atoms with Crippen molar-refractivity contribution in [2.75, 3.05) is 26.2 Å². The van der Waals surface area contributed by atoms with Crippen molar-refractivity contribution in [1.82, 2.24) is 10.2 Å². The minimum absolute atomic E-state index is 0.304. The third-order valence-corrected chi connectivity index (χ3v) is 4.16. The Labute approximate surface area is 130 Å². The second-order valence-corrected chi connectivity index (χ2v) is 7.48. The van der Waals surface area contributed by atoms with E-state index in [9.17, 15) is 4.79 Å². The van der Waals surface area contributed by atoms with E-state index in [0.717, 1.165) is 44.9 Å². The maximum Gasteiger partial charge on any atom is 0.303 e. The second-order valence-electron chi connectivity index (χ2n) is 7.48. The molecule has 0 radical (unpaired) electrons. The summed E-state index contributed by atoms with van der Waals surface area (Å²) in [6.07, 6.45) is 3.45. The van der Waals surface area contributed by atoms with Crippen LogP contribution in [0.4, 0.5) is 0 Å². The molecule has 1 fully saturated rings. The Bertz CT molecular complexity index is 305. The van der Waals surface area contributed by atoms with E-state index in [1.54, 1.807) is 0 Å². The molecule has 2 atom stereocenters. The van der Waals surface area contributed by atoms with Gasteiger partial charge in [-0.1, -0.05) is 27.7 Å². The van der Waals surface area contributed by atoms with Gasteiger partial charge in [-0.3, -0.25) is 4.79 Å². The number of hydrogen-bond acceptors (Lipinski definition) is 3. The number of likely N-dealkylation sites (tertiary alicyclic amines) is 1. The van der Waals surface area contributed by atoms with Crippen LogP contribution in [0.25, 0.3) is 0 Å². The van der Waals surface area contributed by atoms with E-state index in [1.807, 2.05) is 0 Å². The molecule has 4 heteroatoms. The van der Waals surface area contributed by atoms with Gasteiger partial charge < -0.3 is 15.3 Å². The molecule has 4 nitrogen and oxygen atoms in total. The van der Waals surface area contributed by atoms with Crippen LogP contribution in [0.1, 0.15) is 53.4 Å². The van der Waals surface area contributed by atoms with Crippen LogP contribution >= 0.6 is 0 Å². The number of hydrogen-bond donors (Lipinski definition) is 2. The van der Waals surface area contributed by atoms with Crippen LogP contribution in [0, 0.1) is 17.8 Å². The zero-order chi connectivity index (χ0) is 15.8. The van der Waals surface area contributed by atoms with Crippen molar-refractivity contribution in [2.24, 2.45) is 17.8 Å². The summed E-state index contributed by atoms with van der Waals surface area (Å²) in [6, 6.07) is 0.523. The second kappa shape index (κ2) is 9.42. The molecule has 1 saturated heterocycles. The standard InChI is InChI=1S/C17H34N2O2/c1-13(2)7-8-18-16-9-15(5-6-17(20)21)11-19(12-16)10-14(3)4/h13-16,18H,5-12H2,1-4H3,(H,20,21). The lowest BCUT2D eigenvalue weighted by Crippen LogP contribution is -2.50. The summed E-state index contributed by atoms with van der Waals surface area (Å²) in [5.74, 6) is 1.25. The fourth-order valence-electron chi connectivity index (χ4n) is 3.23. The fraction of sp³-hybridized carbons (Fsp3) is 0.941. The molecular formula is C17H34N2O2. The van der Waals surface area contributed by atoms with Gasteiger partial charge in [-0.05, 0) is 43.6 Å². The largest absolute Gasteiger partial charge is 0.481 e. The van der Waals surface area contributed by atoms with Crippen molar-refractivity contribution in [3.8, 4) is 0 Å². The molecular weight excluding hydrogens is 264 g/mol. The van der Waals surface area contributed by atoms with Gasteiger partial charge in [-0.15, -0.1) is 0 Å². The third kappa shape index (κ3) is 8.42. The third-order valence-electron chi connectivity index (χ3n) is 4.16. The molecule has 2 unspecified atom stereocenters. The van der Waals surface area contributed by atoms with Gasteiger partial charge in [-0.2, -0.15) is 0 Å². The number of aliphatic carboxylic acids is 1. The van der Waals surface area contributed by atoms with E-state index in [-0.39, 0.29) is 0 Å². The zero-order valence-corrected chi connectivity index (χ0v) is 14.3. The van der Waals surface area contributed by atoms with Gasteiger partial charge in [0, 0.05) is 32.1 Å². The van der Waals surface area contributed by atoms with Gasteiger partial charge in [0.25, 0.3) is 0 Å². The summed E-state index contributed by atoms with van der Waals surface area (Å²) >= 11 is 0. The molecule has 124 valence electrons. The van der Waals surface area contributed by atoms with E-state index in [0.29, 0.717) is 24.3 Å². The highest BCUT2D eigenvalue weighted by Crippen LogP contribution is 2.22. The van der Waals surface area contributed by atoms with Gasteiger partial charge in [-0.25, -0.2) is 0 Å². The highest BCUT2D eigenvalue weighted by molar-refractivity contribution is 5.66. The van der Waals surface area contributed by atoms with Crippen LogP contribution in [0.5, 0.6) is 0 Å². The van der Waals surface area contributed by atoms with Crippen LogP contribution in [-0.2, 0) is 4.79 Å². The lowest BCUT2D eigenvalue weighted by Gasteiger charge is -2.39. The maximum atomic E-state index is 10.8. The molecule has 1 rings (SSSR count). The molecule has 1 heterocycles. The number of nitrogens with zero attached hydrogens (tertiary/aromatic N) is 1. The van der Waals surface area contributed by atoms with E-state index < -0.39 is 5.97 Å². The molecule has 1 aliphatic rings. The van der Waals surface area contributed by atoms with Gasteiger partial charge in [0.2, 0.25) is 0 Å². The molecule has 1 aliphatic heterocycles. The minimum Gasteiger partial charge on any atom is -0.481 e. The number of carboxylic acid groups (broad SMARTS) is 1. The van der Waals surface area contributed by atoms with Crippen LogP contribution in [-0.4, -0.2) is 48.2 Å². The number of nitrogens with one attached hydrogen (secondary N) is 1. The molecule has 21 heavy (non-hydrogen) atoms. The van der Waals surface area contributed by atoms with Gasteiger partial charge in [0.05, 0.1) is 0 Å². The van der Waals surface area contributed by atoms with Crippen molar-refractivity contribution in [3.63, 3.8) is 0 Å². The first-order valence-electron chi connectivity index (χ1n) is 8.54. The SMILES string of the molecule is CC(C)CCNC1CC(CCC(=O)O)CN(CC(C)C)C1. The number of carboxylic acids is 1. The number of carbonyl (C=O) groups is 1. The molecule has 0 saturated carbocycles. The average molecular weight is 298 g/mol. The molecule has 0 amide bonds. The number of rotatable bonds is 9. The van der Waals surface area contributed by atoms with Crippen LogP contribution in [0.2, 0.25) is 0 Å². The summed E-state index contributed by atoms with van der Waals surface area (Å²) < 4.78 is 0. The number of piperidine rings is 1. The Hall–Kier alpha value is -0.610. The quantitative estimate of drug-likeness (QED) is 0.687. The normalized spacial score (nSPS) is 23.9. The molecule has 0 spiro atoms. The summed E-state index contributed by atoms with van der Waals surface area (Å²) in [4.78, 5) is 13.3. The predicted molar refractivity (Wildman–Crippen MR) is 87.5 cm³/mol. The maximum absolute atomic E-state index is 10.8. The highest BCUT2D eigenvalue weighted by Gasteiger charge is 2.27. The Morgan fingerprint density at radius 2 is 1.95 bits per heavy atom. The van der Waals surface area contributed by atoms with E-state index >= 15 is 0 Å². The smallest absolute Gasteiger partial charge is 0.303 e. The lowest BCUT2D eigenvalue weighted by molar-refractivity contribution is -0.137. The first kappa shape index (κ1) is 18.4. The van der Waals surface area contributed by atoms with Crippen molar-refractivity contribution in [2.45, 2.75) is 59.4 Å². The van der Waals surface area contributed by atoms with Crippen LogP contribution in [0.15, 0.2) is 0 Å². The molecule has 0 aromatic rings. The van der Waals surface area contributed by atoms with Gasteiger partial charge >= 0.3 is 5.97 Å². The topological polar surface area (TPSA) is 52.6 Å². The van der Waals surface area contributed by atoms with Crippen LogP contribution in [0.3, 0.4) is 0 Å². The predicted octanol–water partition coefficient (Wildman–Crippen LogP) is 2.83. The highest BCUT2D eigenvalue weighted by atomic mass is 16.4. The lowest BCUT2D eigenvalue weighted by atomic mass is 9.89. The van der Waals surface area contributed by atoms with Crippen molar-refractivity contribution in [3.05, 3.63) is 0 Å². The monoisotopic (exact) mass is 298 g/mol. The molecule has 0 bridgehead atoms. The van der Waals surface area contributed by atoms with Crippen molar-refractivity contribution >= 4 is 5.97 Å². The summed E-state index contributed by atoms with van der Waals surface area (Å²) in [6.45, 7) is 13.4. The Balaban J connectivity index is 2.46. The molecule has 0 aromatic carbocycles. The zero-order valence-electron chi connectivity index (χ0n) is 14.3. The van der Waals surface area contributed by atoms with Gasteiger partial charge in [0.1, 0.15) is 0 Å².